The number of benzene rings is 1. The zero-order valence-electron chi connectivity index (χ0n) is 12.9. The number of nitrogens with one attached hydrogen (secondary N) is 1. The van der Waals surface area contributed by atoms with Gasteiger partial charge in [-0.2, -0.15) is 0 Å². The molecule has 0 atom stereocenters. The van der Waals surface area contributed by atoms with Crippen LogP contribution >= 0.6 is 23.2 Å². The molecule has 2 heterocycles. The fourth-order valence-electron chi connectivity index (χ4n) is 2.31. The van der Waals surface area contributed by atoms with Crippen molar-refractivity contribution in [3.8, 4) is 0 Å². The maximum atomic E-state index is 12.2. The van der Waals surface area contributed by atoms with E-state index >= 15 is 0 Å². The maximum Gasteiger partial charge on any atom is 0.342 e. The van der Waals surface area contributed by atoms with Crippen LogP contribution in [-0.4, -0.2) is 22.5 Å². The summed E-state index contributed by atoms with van der Waals surface area (Å²) in [5, 5.41) is 4.47. The van der Waals surface area contributed by atoms with Crippen LogP contribution in [-0.2, 0) is 4.74 Å². The van der Waals surface area contributed by atoms with Crippen LogP contribution in [0.5, 0.6) is 0 Å². The average Bonchev–Trinajstić information content (AvgIpc) is 2.87. The van der Waals surface area contributed by atoms with Crippen molar-refractivity contribution < 1.29 is 13.9 Å². The van der Waals surface area contributed by atoms with E-state index in [2.05, 4.69) is 15.3 Å². The zero-order chi connectivity index (χ0) is 17.3. The highest BCUT2D eigenvalue weighted by atomic mass is 35.5. The molecule has 3 aromatic rings. The lowest BCUT2D eigenvalue weighted by atomic mass is 10.2. The molecule has 8 heteroatoms. The SMILES string of the molecule is CCOC(=O)c1c(C)oc2ncnc(Nc3ccc(Cl)cc3Cl)c12. The largest absolute Gasteiger partial charge is 0.462 e. The van der Waals surface area contributed by atoms with Crippen LogP contribution in [0, 0.1) is 6.92 Å². The maximum absolute atomic E-state index is 12.2. The Morgan fingerprint density at radius 1 is 1.33 bits per heavy atom. The number of anilines is 2. The Morgan fingerprint density at radius 2 is 2.12 bits per heavy atom. The van der Waals surface area contributed by atoms with Crippen molar-refractivity contribution in [3.05, 3.63) is 45.9 Å². The Morgan fingerprint density at radius 3 is 2.83 bits per heavy atom. The van der Waals surface area contributed by atoms with Crippen molar-refractivity contribution in [3.63, 3.8) is 0 Å². The van der Waals surface area contributed by atoms with Gasteiger partial charge in [-0.15, -0.1) is 0 Å². The third kappa shape index (κ3) is 3.02. The summed E-state index contributed by atoms with van der Waals surface area (Å²) in [4.78, 5) is 20.5. The van der Waals surface area contributed by atoms with Gasteiger partial charge in [0.1, 0.15) is 23.5 Å². The van der Waals surface area contributed by atoms with Gasteiger partial charge in [-0.3, -0.25) is 0 Å². The predicted molar refractivity (Wildman–Crippen MR) is 92.2 cm³/mol. The standard InChI is InChI=1S/C16H13Cl2N3O3/c1-3-23-16(22)12-8(2)24-15-13(12)14(19-7-20-15)21-11-5-4-9(17)6-10(11)18/h4-7H,3H2,1-2H3,(H,19,20,21). The molecule has 0 saturated carbocycles. The Bertz CT molecular complexity index is 924. The first-order valence-electron chi connectivity index (χ1n) is 7.14. The summed E-state index contributed by atoms with van der Waals surface area (Å²) in [6, 6.07) is 5.02. The minimum absolute atomic E-state index is 0.254. The Balaban J connectivity index is 2.12. The number of hydrogen-bond donors (Lipinski definition) is 1. The summed E-state index contributed by atoms with van der Waals surface area (Å²) >= 11 is 12.1. The van der Waals surface area contributed by atoms with Crippen LogP contribution in [0.25, 0.3) is 11.1 Å². The van der Waals surface area contributed by atoms with Crippen LogP contribution in [0.2, 0.25) is 10.0 Å². The van der Waals surface area contributed by atoms with Crippen LogP contribution in [0.3, 0.4) is 0 Å². The highest BCUT2D eigenvalue weighted by molar-refractivity contribution is 6.36. The number of carbonyl (C=O) groups is 1. The fourth-order valence-corrected chi connectivity index (χ4v) is 2.76. The lowest BCUT2D eigenvalue weighted by Gasteiger charge is -2.09. The van der Waals surface area contributed by atoms with E-state index < -0.39 is 5.97 Å². The summed E-state index contributed by atoms with van der Waals surface area (Å²) in [7, 11) is 0. The third-order valence-corrected chi connectivity index (χ3v) is 3.88. The molecule has 1 N–H and O–H groups in total. The van der Waals surface area contributed by atoms with Crippen molar-refractivity contribution in [1.82, 2.24) is 9.97 Å². The molecule has 0 aliphatic carbocycles. The van der Waals surface area contributed by atoms with Gasteiger partial charge in [0.15, 0.2) is 0 Å². The predicted octanol–water partition coefficient (Wildman–Crippen LogP) is 4.76. The average molecular weight is 366 g/mol. The molecule has 2 aromatic heterocycles. The third-order valence-electron chi connectivity index (χ3n) is 3.33. The molecule has 0 aliphatic rings. The van der Waals surface area contributed by atoms with Crippen LogP contribution in [0.1, 0.15) is 23.0 Å². The van der Waals surface area contributed by atoms with Crippen LogP contribution < -0.4 is 5.32 Å². The number of furan rings is 1. The summed E-state index contributed by atoms with van der Waals surface area (Å²) in [5.41, 5.74) is 1.17. The highest BCUT2D eigenvalue weighted by Crippen LogP contribution is 2.33. The Kier molecular flexibility index (Phi) is 4.59. The van der Waals surface area contributed by atoms with Gasteiger partial charge in [-0.25, -0.2) is 14.8 Å². The van der Waals surface area contributed by atoms with E-state index in [4.69, 9.17) is 32.4 Å². The monoisotopic (exact) mass is 365 g/mol. The number of carbonyl (C=O) groups excluding carboxylic acids is 1. The Labute approximate surface area is 147 Å². The molecule has 0 saturated heterocycles. The van der Waals surface area contributed by atoms with Crippen molar-refractivity contribution in [2.45, 2.75) is 13.8 Å². The smallest absolute Gasteiger partial charge is 0.342 e. The minimum Gasteiger partial charge on any atom is -0.462 e. The van der Waals surface area contributed by atoms with Crippen molar-refractivity contribution in [1.29, 1.82) is 0 Å². The first-order valence-corrected chi connectivity index (χ1v) is 7.90. The molecule has 6 nitrogen and oxygen atoms in total. The molecule has 0 amide bonds. The number of aromatic nitrogens is 2. The van der Waals surface area contributed by atoms with Gasteiger partial charge in [0.25, 0.3) is 0 Å². The van der Waals surface area contributed by atoms with Crippen molar-refractivity contribution >= 4 is 51.8 Å². The lowest BCUT2D eigenvalue weighted by molar-refractivity contribution is 0.0526. The molecule has 0 unspecified atom stereocenters. The molecule has 0 aliphatic heterocycles. The molecule has 0 bridgehead atoms. The van der Waals surface area contributed by atoms with E-state index in [-0.39, 0.29) is 12.3 Å². The summed E-state index contributed by atoms with van der Waals surface area (Å²) < 4.78 is 10.6. The Hall–Kier alpha value is -2.31. The first-order chi connectivity index (χ1) is 11.5. The van der Waals surface area contributed by atoms with Gasteiger partial charge in [0.05, 0.1) is 22.7 Å². The molecule has 24 heavy (non-hydrogen) atoms. The topological polar surface area (TPSA) is 77.2 Å². The lowest BCUT2D eigenvalue weighted by Crippen LogP contribution is -2.06. The van der Waals surface area contributed by atoms with Gasteiger partial charge in [0, 0.05) is 5.02 Å². The second kappa shape index (κ2) is 6.67. The minimum atomic E-state index is -0.492. The molecule has 3 rings (SSSR count). The number of hydrogen-bond acceptors (Lipinski definition) is 6. The van der Waals surface area contributed by atoms with Gasteiger partial charge < -0.3 is 14.5 Å². The van der Waals surface area contributed by atoms with E-state index in [1.54, 1.807) is 32.0 Å². The van der Waals surface area contributed by atoms with Crippen molar-refractivity contribution in [2.75, 3.05) is 11.9 Å². The number of nitrogens with zero attached hydrogens (tertiary/aromatic N) is 2. The second-order valence-corrected chi connectivity index (χ2v) is 5.75. The van der Waals surface area contributed by atoms with Gasteiger partial charge in [-0.1, -0.05) is 23.2 Å². The highest BCUT2D eigenvalue weighted by Gasteiger charge is 2.24. The number of esters is 1. The normalized spacial score (nSPS) is 10.8. The van der Waals surface area contributed by atoms with E-state index in [9.17, 15) is 4.79 Å². The van der Waals surface area contributed by atoms with Gasteiger partial charge in [-0.05, 0) is 32.0 Å². The van der Waals surface area contributed by atoms with Crippen molar-refractivity contribution in [2.24, 2.45) is 0 Å². The second-order valence-electron chi connectivity index (χ2n) is 4.91. The van der Waals surface area contributed by atoms with E-state index in [0.29, 0.717) is 38.3 Å². The number of fused-ring (bicyclic) bond motifs is 1. The summed E-state index contributed by atoms with van der Waals surface area (Å²) in [6.45, 7) is 3.66. The quantitative estimate of drug-likeness (QED) is 0.671. The molecule has 124 valence electrons. The van der Waals surface area contributed by atoms with E-state index in [1.165, 1.54) is 6.33 Å². The van der Waals surface area contributed by atoms with Crippen LogP contribution in [0.4, 0.5) is 11.5 Å². The molecular weight excluding hydrogens is 353 g/mol. The molecule has 0 spiro atoms. The molecular formula is C16H13Cl2N3O3. The number of rotatable bonds is 4. The molecule has 0 radical (unpaired) electrons. The van der Waals surface area contributed by atoms with E-state index in [0.717, 1.165) is 0 Å². The molecule has 1 aromatic carbocycles. The summed E-state index contributed by atoms with van der Waals surface area (Å²) in [5.74, 6) is 0.312. The van der Waals surface area contributed by atoms with Gasteiger partial charge in [0.2, 0.25) is 5.71 Å². The first kappa shape index (κ1) is 16.5. The van der Waals surface area contributed by atoms with Gasteiger partial charge >= 0.3 is 5.97 Å². The fraction of sp³-hybridized carbons (Fsp3) is 0.188. The number of ether oxygens (including phenoxy) is 1. The summed E-state index contributed by atoms with van der Waals surface area (Å²) in [6.07, 6.45) is 1.34. The number of halogens is 2. The van der Waals surface area contributed by atoms with Crippen LogP contribution in [0.15, 0.2) is 28.9 Å². The molecule has 0 fully saturated rings. The zero-order valence-corrected chi connectivity index (χ0v) is 14.4. The number of aryl methyl sites for hydroxylation is 1. The van der Waals surface area contributed by atoms with E-state index in [1.807, 2.05) is 0 Å².